The summed E-state index contributed by atoms with van der Waals surface area (Å²) in [5.74, 6) is 0.767. The highest BCUT2D eigenvalue weighted by Gasteiger charge is 1.90. The highest BCUT2D eigenvalue weighted by molar-refractivity contribution is 4.66. The minimum Gasteiger partial charge on any atom is -0.316 e. The van der Waals surface area contributed by atoms with Crippen LogP contribution in [0.3, 0.4) is 0 Å². The molecule has 0 heterocycles. The Bertz CT molecular complexity index is 76.8. The molecule has 1 nitrogen and oxygen atoms in total. The first-order chi connectivity index (χ1) is 4.77. The van der Waals surface area contributed by atoms with Crippen LogP contribution < -0.4 is 5.32 Å². The Morgan fingerprint density at radius 3 is 2.70 bits per heavy atom. The number of rotatable bonds is 6. The lowest BCUT2D eigenvalue weighted by atomic mass is 10.2. The average Bonchev–Trinajstić information content (AvgIpc) is 1.87. The first-order valence-corrected chi connectivity index (χ1v) is 4.09. The SMILES string of the molecule is C=CCCCNCC(C)C. The van der Waals surface area contributed by atoms with Gasteiger partial charge in [0.05, 0.1) is 0 Å². The van der Waals surface area contributed by atoms with Crippen LogP contribution in [0.4, 0.5) is 0 Å². The third-order valence-electron chi connectivity index (χ3n) is 1.31. The van der Waals surface area contributed by atoms with Gasteiger partial charge in [0.2, 0.25) is 0 Å². The maximum Gasteiger partial charge on any atom is -0.00258 e. The zero-order valence-electron chi connectivity index (χ0n) is 7.19. The van der Waals surface area contributed by atoms with Crippen molar-refractivity contribution >= 4 is 0 Å². The van der Waals surface area contributed by atoms with Crippen molar-refractivity contribution in [2.24, 2.45) is 5.92 Å². The molecule has 60 valence electrons. The highest BCUT2D eigenvalue weighted by Crippen LogP contribution is 1.89. The molecule has 0 spiro atoms. The zero-order chi connectivity index (χ0) is 7.82. The Balaban J connectivity index is 2.83. The van der Waals surface area contributed by atoms with Crippen LogP contribution in [0.1, 0.15) is 26.7 Å². The van der Waals surface area contributed by atoms with Gasteiger partial charge < -0.3 is 5.32 Å². The zero-order valence-corrected chi connectivity index (χ0v) is 7.19. The molecule has 0 radical (unpaired) electrons. The van der Waals surface area contributed by atoms with Gasteiger partial charge in [-0.15, -0.1) is 6.58 Å². The maximum atomic E-state index is 3.67. The quantitative estimate of drug-likeness (QED) is 0.441. The summed E-state index contributed by atoms with van der Waals surface area (Å²) in [5, 5.41) is 3.37. The van der Waals surface area contributed by atoms with Crippen LogP contribution in [-0.4, -0.2) is 13.1 Å². The van der Waals surface area contributed by atoms with Crippen molar-refractivity contribution < 1.29 is 0 Å². The molecule has 10 heavy (non-hydrogen) atoms. The molecule has 0 aliphatic heterocycles. The van der Waals surface area contributed by atoms with E-state index in [0.29, 0.717) is 0 Å². The molecule has 0 aliphatic carbocycles. The number of nitrogens with one attached hydrogen (secondary N) is 1. The van der Waals surface area contributed by atoms with Gasteiger partial charge in [-0.1, -0.05) is 19.9 Å². The average molecular weight is 141 g/mol. The lowest BCUT2D eigenvalue weighted by molar-refractivity contribution is 0.545. The van der Waals surface area contributed by atoms with Crippen LogP contribution in [0.25, 0.3) is 0 Å². The first-order valence-electron chi connectivity index (χ1n) is 4.09. The maximum absolute atomic E-state index is 3.67. The van der Waals surface area contributed by atoms with Crippen molar-refractivity contribution in [3.8, 4) is 0 Å². The molecule has 1 heteroatoms. The first kappa shape index (κ1) is 9.70. The lowest BCUT2D eigenvalue weighted by Crippen LogP contribution is -2.20. The monoisotopic (exact) mass is 141 g/mol. The molecule has 0 saturated heterocycles. The fraction of sp³-hybridized carbons (Fsp3) is 0.778. The largest absolute Gasteiger partial charge is 0.316 e. The summed E-state index contributed by atoms with van der Waals surface area (Å²) < 4.78 is 0. The minimum absolute atomic E-state index is 0.767. The van der Waals surface area contributed by atoms with Gasteiger partial charge in [0.15, 0.2) is 0 Å². The van der Waals surface area contributed by atoms with Crippen LogP contribution in [0.2, 0.25) is 0 Å². The standard InChI is InChI=1S/C9H19N/c1-4-5-6-7-10-8-9(2)3/h4,9-10H,1,5-8H2,2-3H3. The van der Waals surface area contributed by atoms with E-state index in [9.17, 15) is 0 Å². The third-order valence-corrected chi connectivity index (χ3v) is 1.31. The van der Waals surface area contributed by atoms with E-state index in [1.807, 2.05) is 6.08 Å². The van der Waals surface area contributed by atoms with Crippen LogP contribution in [0.15, 0.2) is 12.7 Å². The topological polar surface area (TPSA) is 12.0 Å². The summed E-state index contributed by atoms with van der Waals surface area (Å²) in [6.45, 7) is 10.4. The number of hydrogen-bond donors (Lipinski definition) is 1. The highest BCUT2D eigenvalue weighted by atomic mass is 14.8. The summed E-state index contributed by atoms with van der Waals surface area (Å²) in [4.78, 5) is 0. The van der Waals surface area contributed by atoms with Crippen molar-refractivity contribution in [2.75, 3.05) is 13.1 Å². The lowest BCUT2D eigenvalue weighted by Gasteiger charge is -2.05. The van der Waals surface area contributed by atoms with Gasteiger partial charge in [0.25, 0.3) is 0 Å². The normalized spacial score (nSPS) is 10.3. The van der Waals surface area contributed by atoms with Crippen molar-refractivity contribution in [3.63, 3.8) is 0 Å². The molecular weight excluding hydrogens is 122 g/mol. The number of unbranched alkanes of at least 4 members (excludes halogenated alkanes) is 1. The van der Waals surface area contributed by atoms with E-state index in [1.165, 1.54) is 6.42 Å². The molecule has 0 aliphatic rings. The van der Waals surface area contributed by atoms with Crippen LogP contribution in [0.5, 0.6) is 0 Å². The second-order valence-electron chi connectivity index (χ2n) is 3.03. The molecule has 0 bridgehead atoms. The van der Waals surface area contributed by atoms with Gasteiger partial charge in [0.1, 0.15) is 0 Å². The summed E-state index contributed by atoms with van der Waals surface area (Å²) in [7, 11) is 0. The van der Waals surface area contributed by atoms with Crippen LogP contribution in [0, 0.1) is 5.92 Å². The second-order valence-corrected chi connectivity index (χ2v) is 3.03. The Morgan fingerprint density at radius 2 is 2.20 bits per heavy atom. The van der Waals surface area contributed by atoms with E-state index in [1.54, 1.807) is 0 Å². The third kappa shape index (κ3) is 7.70. The molecule has 0 amide bonds. The van der Waals surface area contributed by atoms with Gasteiger partial charge >= 0.3 is 0 Å². The second kappa shape index (κ2) is 6.81. The number of hydrogen-bond acceptors (Lipinski definition) is 1. The van der Waals surface area contributed by atoms with Gasteiger partial charge in [-0.05, 0) is 31.8 Å². The summed E-state index contributed by atoms with van der Waals surface area (Å²) >= 11 is 0. The summed E-state index contributed by atoms with van der Waals surface area (Å²) in [6.07, 6.45) is 4.32. The Labute approximate surface area is 64.5 Å². The predicted octanol–water partition coefficient (Wildman–Crippen LogP) is 2.20. The smallest absolute Gasteiger partial charge is 0.00258 e. The Kier molecular flexibility index (Phi) is 6.61. The Hall–Kier alpha value is -0.300. The van der Waals surface area contributed by atoms with E-state index in [-0.39, 0.29) is 0 Å². The van der Waals surface area contributed by atoms with E-state index < -0.39 is 0 Å². The number of allylic oxidation sites excluding steroid dienone is 1. The van der Waals surface area contributed by atoms with Crippen LogP contribution in [-0.2, 0) is 0 Å². The Morgan fingerprint density at radius 1 is 1.50 bits per heavy atom. The molecule has 1 N–H and O–H groups in total. The molecule has 0 aromatic carbocycles. The fourth-order valence-electron chi connectivity index (χ4n) is 0.762. The predicted molar refractivity (Wildman–Crippen MR) is 47.1 cm³/mol. The van der Waals surface area contributed by atoms with Crippen molar-refractivity contribution in [1.82, 2.24) is 5.32 Å². The molecule has 0 rings (SSSR count). The molecule has 0 unspecified atom stereocenters. The molecule has 0 saturated carbocycles. The summed E-state index contributed by atoms with van der Waals surface area (Å²) in [6, 6.07) is 0. The fourth-order valence-corrected chi connectivity index (χ4v) is 0.762. The van der Waals surface area contributed by atoms with Gasteiger partial charge in [-0.2, -0.15) is 0 Å². The van der Waals surface area contributed by atoms with Crippen molar-refractivity contribution in [3.05, 3.63) is 12.7 Å². The van der Waals surface area contributed by atoms with E-state index in [0.717, 1.165) is 25.4 Å². The minimum atomic E-state index is 0.767. The van der Waals surface area contributed by atoms with Crippen molar-refractivity contribution in [1.29, 1.82) is 0 Å². The van der Waals surface area contributed by atoms with E-state index >= 15 is 0 Å². The van der Waals surface area contributed by atoms with Gasteiger partial charge in [-0.25, -0.2) is 0 Å². The van der Waals surface area contributed by atoms with E-state index in [4.69, 9.17) is 0 Å². The van der Waals surface area contributed by atoms with Gasteiger partial charge in [-0.3, -0.25) is 0 Å². The molecule has 0 aromatic heterocycles. The molecule has 0 fully saturated rings. The summed E-state index contributed by atoms with van der Waals surface area (Å²) in [5.41, 5.74) is 0. The molecule has 0 atom stereocenters. The molecule has 0 aromatic rings. The van der Waals surface area contributed by atoms with E-state index in [2.05, 4.69) is 25.7 Å². The van der Waals surface area contributed by atoms with Crippen LogP contribution >= 0.6 is 0 Å². The van der Waals surface area contributed by atoms with Gasteiger partial charge in [0, 0.05) is 0 Å². The van der Waals surface area contributed by atoms with Crippen molar-refractivity contribution in [2.45, 2.75) is 26.7 Å². The molecular formula is C9H19N.